The number of aryl methyl sites for hydroxylation is 1. The number of hydrogen-bond donors (Lipinski definition) is 0. The van der Waals surface area contributed by atoms with Crippen LogP contribution in [0.25, 0.3) is 0 Å². The Morgan fingerprint density at radius 3 is 2.64 bits per heavy atom. The molecular formula is C21H30N6O. The predicted molar refractivity (Wildman–Crippen MR) is 106 cm³/mol. The average Bonchev–Trinajstić information content (AvgIpc) is 3.52. The van der Waals surface area contributed by atoms with Gasteiger partial charge in [0.1, 0.15) is 11.6 Å². The standard InChI is InChI=1S/C21H30N6O/c28-21-8-7-18(17-5-6-17)24-27(21)14-16-9-12-25(13-10-16)15-20-23-22-19-4-2-1-3-11-26(19)20/h7-8,16-17H,1-6,9-15H2. The summed E-state index contributed by atoms with van der Waals surface area (Å²) in [7, 11) is 0. The quantitative estimate of drug-likeness (QED) is 0.794. The van der Waals surface area contributed by atoms with Gasteiger partial charge < -0.3 is 4.57 Å². The zero-order valence-corrected chi connectivity index (χ0v) is 16.6. The molecule has 4 heterocycles. The SMILES string of the molecule is O=c1ccc(C2CC2)nn1CC1CCN(Cc2nnc3n2CCCCC3)CC1. The van der Waals surface area contributed by atoms with Gasteiger partial charge >= 0.3 is 0 Å². The Morgan fingerprint density at radius 2 is 1.82 bits per heavy atom. The highest BCUT2D eigenvalue weighted by Gasteiger charge is 2.27. The molecule has 0 N–H and O–H groups in total. The molecule has 2 fully saturated rings. The third kappa shape index (κ3) is 3.90. The smallest absolute Gasteiger partial charge is 0.266 e. The van der Waals surface area contributed by atoms with Crippen LogP contribution in [0.4, 0.5) is 0 Å². The van der Waals surface area contributed by atoms with Crippen molar-refractivity contribution in [2.24, 2.45) is 5.92 Å². The van der Waals surface area contributed by atoms with Crippen molar-refractivity contribution in [3.05, 3.63) is 39.8 Å². The molecule has 3 aliphatic rings. The van der Waals surface area contributed by atoms with Gasteiger partial charge in [0.05, 0.1) is 12.2 Å². The second-order valence-corrected chi connectivity index (χ2v) is 8.77. The summed E-state index contributed by atoms with van der Waals surface area (Å²) in [6.45, 7) is 4.84. The van der Waals surface area contributed by atoms with Gasteiger partial charge in [0.2, 0.25) is 0 Å². The van der Waals surface area contributed by atoms with Crippen molar-refractivity contribution in [3.8, 4) is 0 Å². The maximum Gasteiger partial charge on any atom is 0.266 e. The summed E-state index contributed by atoms with van der Waals surface area (Å²) in [5.41, 5.74) is 1.14. The van der Waals surface area contributed by atoms with Crippen molar-refractivity contribution in [2.75, 3.05) is 13.1 Å². The Balaban J connectivity index is 1.18. The zero-order chi connectivity index (χ0) is 18.9. The lowest BCUT2D eigenvalue weighted by Crippen LogP contribution is -2.37. The fraction of sp³-hybridized carbons (Fsp3) is 0.714. The van der Waals surface area contributed by atoms with Gasteiger partial charge in [-0.3, -0.25) is 9.69 Å². The topological polar surface area (TPSA) is 68.8 Å². The largest absolute Gasteiger partial charge is 0.314 e. The second-order valence-electron chi connectivity index (χ2n) is 8.77. The number of nitrogens with zero attached hydrogens (tertiary/aromatic N) is 6. The van der Waals surface area contributed by atoms with Gasteiger partial charge in [-0.1, -0.05) is 6.42 Å². The van der Waals surface area contributed by atoms with Crippen LogP contribution in [0.15, 0.2) is 16.9 Å². The van der Waals surface area contributed by atoms with Crippen LogP contribution in [0, 0.1) is 5.92 Å². The lowest BCUT2D eigenvalue weighted by Gasteiger charge is -2.31. The molecule has 2 aliphatic heterocycles. The average molecular weight is 383 g/mol. The van der Waals surface area contributed by atoms with Crippen molar-refractivity contribution in [1.82, 2.24) is 29.4 Å². The Kier molecular flexibility index (Phi) is 5.01. The highest BCUT2D eigenvalue weighted by molar-refractivity contribution is 5.12. The predicted octanol–water partition coefficient (Wildman–Crippen LogP) is 2.35. The molecule has 2 aromatic heterocycles. The minimum Gasteiger partial charge on any atom is -0.314 e. The normalized spacial score (nSPS) is 21.4. The fourth-order valence-corrected chi connectivity index (χ4v) is 4.63. The van der Waals surface area contributed by atoms with Crippen LogP contribution in [0.3, 0.4) is 0 Å². The Bertz CT molecular complexity index is 875. The summed E-state index contributed by atoms with van der Waals surface area (Å²) in [6.07, 6.45) is 9.50. The lowest BCUT2D eigenvalue weighted by atomic mass is 9.97. The molecule has 1 saturated heterocycles. The van der Waals surface area contributed by atoms with Gasteiger partial charge in [-0.25, -0.2) is 4.68 Å². The molecule has 0 bridgehead atoms. The van der Waals surface area contributed by atoms with E-state index in [-0.39, 0.29) is 5.56 Å². The van der Waals surface area contributed by atoms with Crippen molar-refractivity contribution < 1.29 is 0 Å². The van der Waals surface area contributed by atoms with Crippen molar-refractivity contribution in [2.45, 2.75) is 76.9 Å². The molecule has 0 aromatic carbocycles. The van der Waals surface area contributed by atoms with Crippen molar-refractivity contribution in [3.63, 3.8) is 0 Å². The van der Waals surface area contributed by atoms with E-state index in [2.05, 4.69) is 24.8 Å². The van der Waals surface area contributed by atoms with Crippen LogP contribution in [-0.4, -0.2) is 42.5 Å². The molecule has 0 amide bonds. The van der Waals surface area contributed by atoms with Gasteiger partial charge in [0, 0.05) is 31.5 Å². The summed E-state index contributed by atoms with van der Waals surface area (Å²) >= 11 is 0. The van der Waals surface area contributed by atoms with Gasteiger partial charge in [-0.2, -0.15) is 5.10 Å². The number of aromatic nitrogens is 5. The van der Waals surface area contributed by atoms with Crippen LogP contribution >= 0.6 is 0 Å². The number of fused-ring (bicyclic) bond motifs is 1. The number of piperidine rings is 1. The monoisotopic (exact) mass is 382 g/mol. The summed E-state index contributed by atoms with van der Waals surface area (Å²) in [6, 6.07) is 3.62. The summed E-state index contributed by atoms with van der Waals surface area (Å²) in [4.78, 5) is 14.7. The molecule has 0 radical (unpaired) electrons. The Labute approximate surface area is 165 Å². The van der Waals surface area contributed by atoms with Crippen molar-refractivity contribution in [1.29, 1.82) is 0 Å². The summed E-state index contributed by atoms with van der Waals surface area (Å²) < 4.78 is 4.07. The fourth-order valence-electron chi connectivity index (χ4n) is 4.63. The summed E-state index contributed by atoms with van der Waals surface area (Å²) in [5, 5.41) is 13.5. The highest BCUT2D eigenvalue weighted by Crippen LogP contribution is 2.38. The summed E-state index contributed by atoms with van der Waals surface area (Å²) in [5.74, 6) is 3.42. The first-order valence-corrected chi connectivity index (χ1v) is 11.0. The van der Waals surface area contributed by atoms with E-state index in [0.29, 0.717) is 11.8 Å². The lowest BCUT2D eigenvalue weighted by molar-refractivity contribution is 0.158. The molecule has 150 valence electrons. The number of rotatable bonds is 5. The van der Waals surface area contributed by atoms with E-state index in [1.807, 2.05) is 6.07 Å². The number of hydrogen-bond acceptors (Lipinski definition) is 5. The zero-order valence-electron chi connectivity index (χ0n) is 16.6. The molecular weight excluding hydrogens is 352 g/mol. The minimum absolute atomic E-state index is 0.0398. The molecule has 28 heavy (non-hydrogen) atoms. The van der Waals surface area contributed by atoms with Crippen molar-refractivity contribution >= 4 is 0 Å². The van der Waals surface area contributed by atoms with Gasteiger partial charge in [-0.15, -0.1) is 10.2 Å². The Hall–Kier alpha value is -2.02. The first kappa shape index (κ1) is 18.0. The Morgan fingerprint density at radius 1 is 0.964 bits per heavy atom. The van der Waals surface area contributed by atoms with E-state index in [4.69, 9.17) is 0 Å². The van der Waals surface area contributed by atoms with Crippen LogP contribution in [0.1, 0.15) is 68.2 Å². The van der Waals surface area contributed by atoms with E-state index >= 15 is 0 Å². The van der Waals surface area contributed by atoms with E-state index in [1.54, 1.807) is 10.7 Å². The molecule has 0 atom stereocenters. The molecule has 0 unspecified atom stereocenters. The van der Waals surface area contributed by atoms with Gasteiger partial charge in [-0.05, 0) is 63.6 Å². The molecule has 5 rings (SSSR count). The first-order chi connectivity index (χ1) is 13.8. The third-order valence-electron chi connectivity index (χ3n) is 6.57. The van der Waals surface area contributed by atoms with Crippen LogP contribution in [0.5, 0.6) is 0 Å². The maximum absolute atomic E-state index is 12.2. The van der Waals surface area contributed by atoms with E-state index in [9.17, 15) is 4.79 Å². The van der Waals surface area contributed by atoms with Crippen LogP contribution in [-0.2, 0) is 26.1 Å². The van der Waals surface area contributed by atoms with E-state index in [1.165, 1.54) is 37.9 Å². The van der Waals surface area contributed by atoms with E-state index < -0.39 is 0 Å². The molecule has 7 nitrogen and oxygen atoms in total. The van der Waals surface area contributed by atoms with Crippen LogP contribution < -0.4 is 5.56 Å². The van der Waals surface area contributed by atoms with E-state index in [0.717, 1.165) is 63.5 Å². The van der Waals surface area contributed by atoms with Gasteiger partial charge in [0.15, 0.2) is 0 Å². The molecule has 2 aromatic rings. The van der Waals surface area contributed by atoms with Gasteiger partial charge in [0.25, 0.3) is 5.56 Å². The maximum atomic E-state index is 12.2. The minimum atomic E-state index is 0.0398. The molecule has 7 heteroatoms. The molecule has 0 spiro atoms. The van der Waals surface area contributed by atoms with Crippen LogP contribution in [0.2, 0.25) is 0 Å². The third-order valence-corrected chi connectivity index (χ3v) is 6.57. The number of likely N-dealkylation sites (tertiary alicyclic amines) is 1. The first-order valence-electron chi connectivity index (χ1n) is 11.0. The highest BCUT2D eigenvalue weighted by atomic mass is 16.1. The molecule has 1 saturated carbocycles. The second kappa shape index (κ2) is 7.78. The molecule has 1 aliphatic carbocycles.